The van der Waals surface area contributed by atoms with Crippen molar-refractivity contribution < 1.29 is 13.2 Å². The molecule has 0 spiro atoms. The summed E-state index contributed by atoms with van der Waals surface area (Å²) in [5.74, 6) is 0.0310. The van der Waals surface area contributed by atoms with Crippen molar-refractivity contribution in [3.8, 4) is 5.69 Å². The van der Waals surface area contributed by atoms with Gasteiger partial charge in [-0.05, 0) is 23.8 Å². The highest BCUT2D eigenvalue weighted by Crippen LogP contribution is 2.35. The summed E-state index contributed by atoms with van der Waals surface area (Å²) in [6, 6.07) is 11.2. The minimum atomic E-state index is -4.47. The molecule has 0 radical (unpaired) electrons. The number of benzene rings is 2. The molecule has 3 rings (SSSR count). The van der Waals surface area contributed by atoms with E-state index in [2.05, 4.69) is 5.10 Å². The third kappa shape index (κ3) is 2.49. The Hall–Kier alpha value is -2.01. The molecule has 0 unspecified atom stereocenters. The number of aromatic nitrogens is 2. The maximum atomic E-state index is 13.3. The quantitative estimate of drug-likeness (QED) is 0.623. The lowest BCUT2D eigenvalue weighted by Gasteiger charge is -2.14. The summed E-state index contributed by atoms with van der Waals surface area (Å²) in [5.41, 5.74) is 0.304. The molecular weight excluding hydrogens is 301 g/mol. The molecule has 0 fully saturated rings. The zero-order chi connectivity index (χ0) is 15.0. The molecule has 1 aromatic heterocycles. The predicted molar refractivity (Wildman–Crippen MR) is 75.6 cm³/mol. The summed E-state index contributed by atoms with van der Waals surface area (Å²) in [4.78, 5) is 0. The van der Waals surface area contributed by atoms with Gasteiger partial charge in [0.25, 0.3) is 0 Å². The molecule has 1 heterocycles. The third-order valence-electron chi connectivity index (χ3n) is 3.23. The summed E-state index contributed by atoms with van der Waals surface area (Å²) in [6.45, 7) is 0. The van der Waals surface area contributed by atoms with Crippen molar-refractivity contribution in [3.63, 3.8) is 0 Å². The summed E-state index contributed by atoms with van der Waals surface area (Å²) in [5, 5.41) is 4.86. The Kier molecular flexibility index (Phi) is 3.37. The smallest absolute Gasteiger partial charge is 0.232 e. The Balaban J connectivity index is 2.27. The zero-order valence-electron chi connectivity index (χ0n) is 10.7. The summed E-state index contributed by atoms with van der Waals surface area (Å²) in [7, 11) is 0. The van der Waals surface area contributed by atoms with E-state index in [1.165, 1.54) is 10.7 Å². The van der Waals surface area contributed by atoms with Crippen LogP contribution in [0.15, 0.2) is 48.7 Å². The van der Waals surface area contributed by atoms with Crippen LogP contribution in [0.25, 0.3) is 16.6 Å². The first-order valence-corrected chi connectivity index (χ1v) is 6.73. The second-order valence-electron chi connectivity index (χ2n) is 4.60. The number of hydrogen-bond donors (Lipinski definition) is 0. The van der Waals surface area contributed by atoms with Gasteiger partial charge in [0.15, 0.2) is 0 Å². The van der Waals surface area contributed by atoms with Gasteiger partial charge < -0.3 is 0 Å². The van der Waals surface area contributed by atoms with Crippen LogP contribution in [0.5, 0.6) is 0 Å². The van der Waals surface area contributed by atoms with E-state index in [9.17, 15) is 13.2 Å². The molecule has 0 atom stereocenters. The van der Waals surface area contributed by atoms with Crippen molar-refractivity contribution in [1.82, 2.24) is 9.78 Å². The van der Waals surface area contributed by atoms with Gasteiger partial charge >= 0.3 is 6.18 Å². The van der Waals surface area contributed by atoms with Crippen LogP contribution in [0.1, 0.15) is 11.1 Å². The normalized spacial score (nSPS) is 12.0. The summed E-state index contributed by atoms with van der Waals surface area (Å²) in [6.07, 6.45) is -2.92. The van der Waals surface area contributed by atoms with E-state index in [0.29, 0.717) is 11.1 Å². The number of para-hydroxylation sites is 1. The highest BCUT2D eigenvalue weighted by molar-refractivity contribution is 6.17. The van der Waals surface area contributed by atoms with Crippen LogP contribution >= 0.6 is 11.6 Å². The summed E-state index contributed by atoms with van der Waals surface area (Å²) < 4.78 is 41.1. The van der Waals surface area contributed by atoms with Gasteiger partial charge in [-0.3, -0.25) is 0 Å². The highest BCUT2D eigenvalue weighted by Gasteiger charge is 2.34. The largest absolute Gasteiger partial charge is 0.418 e. The molecule has 6 heteroatoms. The van der Waals surface area contributed by atoms with Crippen LogP contribution in [0.3, 0.4) is 0 Å². The Morgan fingerprint density at radius 3 is 2.57 bits per heavy atom. The van der Waals surface area contributed by atoms with Crippen molar-refractivity contribution in [1.29, 1.82) is 0 Å². The monoisotopic (exact) mass is 310 g/mol. The molecule has 2 aromatic carbocycles. The van der Waals surface area contributed by atoms with Gasteiger partial charge in [-0.15, -0.1) is 11.6 Å². The minimum Gasteiger partial charge on any atom is -0.232 e. The first kappa shape index (κ1) is 13.9. The number of halogens is 4. The van der Waals surface area contributed by atoms with Crippen molar-refractivity contribution in [3.05, 3.63) is 59.8 Å². The Bertz CT molecular complexity index is 793. The van der Waals surface area contributed by atoms with E-state index < -0.39 is 11.7 Å². The first-order chi connectivity index (χ1) is 10.0. The van der Waals surface area contributed by atoms with E-state index in [4.69, 9.17) is 11.6 Å². The molecule has 0 bridgehead atoms. The lowest BCUT2D eigenvalue weighted by Crippen LogP contribution is -2.12. The number of fused-ring (bicyclic) bond motifs is 1. The average molecular weight is 311 g/mol. The van der Waals surface area contributed by atoms with Gasteiger partial charge in [0.1, 0.15) is 0 Å². The predicted octanol–water partition coefficient (Wildman–Crippen LogP) is 4.78. The molecule has 0 aliphatic heterocycles. The van der Waals surface area contributed by atoms with Gasteiger partial charge in [0.2, 0.25) is 0 Å². The van der Waals surface area contributed by atoms with Crippen LogP contribution in [0.2, 0.25) is 0 Å². The van der Waals surface area contributed by atoms with Gasteiger partial charge in [-0.25, -0.2) is 4.68 Å². The second kappa shape index (κ2) is 5.07. The van der Waals surface area contributed by atoms with Crippen molar-refractivity contribution in [2.45, 2.75) is 12.1 Å². The molecule has 108 valence electrons. The number of alkyl halides is 4. The average Bonchev–Trinajstić information content (AvgIpc) is 2.89. The Labute approximate surface area is 123 Å². The molecule has 0 amide bonds. The summed E-state index contributed by atoms with van der Waals surface area (Å²) >= 11 is 5.63. The molecule has 0 N–H and O–H groups in total. The van der Waals surface area contributed by atoms with Gasteiger partial charge in [0.05, 0.1) is 23.0 Å². The van der Waals surface area contributed by atoms with E-state index in [1.54, 1.807) is 30.5 Å². The Morgan fingerprint density at radius 2 is 1.86 bits per heavy atom. The Morgan fingerprint density at radius 1 is 1.10 bits per heavy atom. The second-order valence-corrected chi connectivity index (χ2v) is 4.87. The molecule has 3 aromatic rings. The highest BCUT2D eigenvalue weighted by atomic mass is 35.5. The van der Waals surface area contributed by atoms with Crippen molar-refractivity contribution in [2.75, 3.05) is 0 Å². The number of hydrogen-bond acceptors (Lipinski definition) is 1. The van der Waals surface area contributed by atoms with Crippen LogP contribution in [-0.2, 0) is 12.1 Å². The maximum Gasteiger partial charge on any atom is 0.418 e. The van der Waals surface area contributed by atoms with Crippen molar-refractivity contribution in [2.24, 2.45) is 0 Å². The lowest BCUT2D eigenvalue weighted by atomic mass is 10.1. The van der Waals surface area contributed by atoms with Crippen molar-refractivity contribution >= 4 is 22.5 Å². The van der Waals surface area contributed by atoms with Gasteiger partial charge in [-0.1, -0.05) is 24.3 Å². The van der Waals surface area contributed by atoms with E-state index in [-0.39, 0.29) is 11.6 Å². The fraction of sp³-hybridized carbons (Fsp3) is 0.133. The topological polar surface area (TPSA) is 17.8 Å². The molecule has 2 nitrogen and oxygen atoms in total. The fourth-order valence-electron chi connectivity index (χ4n) is 2.24. The molecule has 0 aliphatic carbocycles. The van der Waals surface area contributed by atoms with Crippen LogP contribution < -0.4 is 0 Å². The van der Waals surface area contributed by atoms with Crippen LogP contribution in [0.4, 0.5) is 13.2 Å². The van der Waals surface area contributed by atoms with Crippen LogP contribution in [0, 0.1) is 0 Å². The van der Waals surface area contributed by atoms with E-state index >= 15 is 0 Å². The SMILES string of the molecule is FC(F)(F)c1cc(CCl)ccc1-n1ncc2ccccc21. The number of rotatable bonds is 2. The molecule has 0 saturated carbocycles. The minimum absolute atomic E-state index is 0.00225. The van der Waals surface area contributed by atoms with E-state index in [0.717, 1.165) is 11.5 Å². The fourth-order valence-corrected chi connectivity index (χ4v) is 2.41. The molecular formula is C15H10ClF3N2. The van der Waals surface area contributed by atoms with Gasteiger partial charge in [-0.2, -0.15) is 18.3 Å². The lowest BCUT2D eigenvalue weighted by molar-refractivity contribution is -0.137. The van der Waals surface area contributed by atoms with Crippen LogP contribution in [-0.4, -0.2) is 9.78 Å². The third-order valence-corrected chi connectivity index (χ3v) is 3.53. The molecule has 0 saturated heterocycles. The zero-order valence-corrected chi connectivity index (χ0v) is 11.5. The van der Waals surface area contributed by atoms with Gasteiger partial charge in [0, 0.05) is 11.3 Å². The number of nitrogens with zero attached hydrogens (tertiary/aromatic N) is 2. The maximum absolute atomic E-state index is 13.3. The molecule has 21 heavy (non-hydrogen) atoms. The van der Waals surface area contributed by atoms with E-state index in [1.807, 2.05) is 6.07 Å². The first-order valence-electron chi connectivity index (χ1n) is 6.20. The molecule has 0 aliphatic rings. The standard InChI is InChI=1S/C15H10ClF3N2/c16-8-10-5-6-14(12(7-10)15(17,18)19)21-13-4-2-1-3-11(13)9-20-21/h1-7,9H,8H2.